The van der Waals surface area contributed by atoms with Crippen molar-refractivity contribution >= 4 is 0 Å². The predicted molar refractivity (Wildman–Crippen MR) is 68.6 cm³/mol. The van der Waals surface area contributed by atoms with Crippen LogP contribution in [0.5, 0.6) is 0 Å². The van der Waals surface area contributed by atoms with E-state index in [2.05, 4.69) is 50.0 Å². The molecule has 0 saturated heterocycles. The Balaban J connectivity index is 2.58. The van der Waals surface area contributed by atoms with Gasteiger partial charge in [-0.25, -0.2) is 0 Å². The van der Waals surface area contributed by atoms with Gasteiger partial charge in [-0.15, -0.1) is 0 Å². The van der Waals surface area contributed by atoms with Crippen LogP contribution in [-0.4, -0.2) is 4.98 Å². The molecular weight excluding hydrogens is 194 g/mol. The number of nitrogens with zero attached hydrogens (tertiary/aromatic N) is 1. The van der Waals surface area contributed by atoms with E-state index in [-0.39, 0.29) is 0 Å². The Morgan fingerprint density at radius 3 is 2.25 bits per heavy atom. The number of aromatic nitrogens is 1. The van der Waals surface area contributed by atoms with E-state index in [1.54, 1.807) is 0 Å². The van der Waals surface area contributed by atoms with Gasteiger partial charge < -0.3 is 0 Å². The van der Waals surface area contributed by atoms with E-state index in [0.29, 0.717) is 0 Å². The lowest BCUT2D eigenvalue weighted by molar-refractivity contribution is 1.17. The fraction of sp³-hybridized carbons (Fsp3) is 0.267. The van der Waals surface area contributed by atoms with Crippen molar-refractivity contribution in [1.29, 1.82) is 0 Å². The molecule has 0 bridgehead atoms. The van der Waals surface area contributed by atoms with E-state index < -0.39 is 0 Å². The van der Waals surface area contributed by atoms with Crippen molar-refractivity contribution in [1.82, 2.24) is 4.98 Å². The van der Waals surface area contributed by atoms with Crippen molar-refractivity contribution in [3.8, 4) is 11.1 Å². The van der Waals surface area contributed by atoms with Crippen molar-refractivity contribution in [2.45, 2.75) is 27.7 Å². The Labute approximate surface area is 97.2 Å². The molecule has 0 aliphatic rings. The molecule has 0 unspecified atom stereocenters. The van der Waals surface area contributed by atoms with E-state index in [1.807, 2.05) is 13.1 Å². The molecule has 1 heteroatoms. The van der Waals surface area contributed by atoms with Crippen LogP contribution >= 0.6 is 0 Å². The molecule has 2 rings (SSSR count). The maximum absolute atomic E-state index is 4.30. The lowest BCUT2D eigenvalue weighted by Gasteiger charge is -2.09. The van der Waals surface area contributed by atoms with E-state index in [0.717, 1.165) is 5.69 Å². The van der Waals surface area contributed by atoms with Gasteiger partial charge in [-0.2, -0.15) is 0 Å². The van der Waals surface area contributed by atoms with Crippen LogP contribution < -0.4 is 0 Å². The number of hydrogen-bond donors (Lipinski definition) is 0. The fourth-order valence-corrected chi connectivity index (χ4v) is 1.85. The summed E-state index contributed by atoms with van der Waals surface area (Å²) < 4.78 is 0. The summed E-state index contributed by atoms with van der Waals surface area (Å²) in [6, 6.07) is 8.76. The van der Waals surface area contributed by atoms with Crippen molar-refractivity contribution < 1.29 is 0 Å². The van der Waals surface area contributed by atoms with E-state index in [1.165, 1.54) is 27.8 Å². The molecule has 1 aromatic carbocycles. The largest absolute Gasteiger partial charge is 0.261 e. The Morgan fingerprint density at radius 2 is 1.56 bits per heavy atom. The third kappa shape index (κ3) is 1.99. The van der Waals surface area contributed by atoms with Gasteiger partial charge in [0.2, 0.25) is 0 Å². The van der Waals surface area contributed by atoms with Crippen LogP contribution in [0.4, 0.5) is 0 Å². The molecule has 1 nitrogen and oxygen atoms in total. The number of aryl methyl sites for hydroxylation is 4. The van der Waals surface area contributed by atoms with Crippen molar-refractivity contribution in [3.63, 3.8) is 0 Å². The fourth-order valence-electron chi connectivity index (χ4n) is 1.85. The zero-order valence-electron chi connectivity index (χ0n) is 10.3. The highest BCUT2D eigenvalue weighted by Gasteiger charge is 2.04. The quantitative estimate of drug-likeness (QED) is 0.695. The molecule has 0 N–H and O–H groups in total. The van der Waals surface area contributed by atoms with Gasteiger partial charge in [-0.3, -0.25) is 4.98 Å². The Bertz CT molecular complexity index is 527. The van der Waals surface area contributed by atoms with Crippen LogP contribution in [0.1, 0.15) is 22.4 Å². The van der Waals surface area contributed by atoms with Crippen molar-refractivity contribution in [3.05, 3.63) is 52.8 Å². The molecule has 0 spiro atoms. The monoisotopic (exact) mass is 211 g/mol. The first-order valence-corrected chi connectivity index (χ1v) is 5.59. The normalized spacial score (nSPS) is 10.5. The number of benzene rings is 1. The van der Waals surface area contributed by atoms with Gasteiger partial charge in [0.05, 0.1) is 0 Å². The van der Waals surface area contributed by atoms with E-state index in [4.69, 9.17) is 0 Å². The van der Waals surface area contributed by atoms with Gasteiger partial charge in [0.15, 0.2) is 0 Å². The van der Waals surface area contributed by atoms with Crippen LogP contribution in [0.25, 0.3) is 11.1 Å². The summed E-state index contributed by atoms with van der Waals surface area (Å²) in [6.07, 6.45) is 1.94. The van der Waals surface area contributed by atoms with Crippen molar-refractivity contribution in [2.75, 3.05) is 0 Å². The van der Waals surface area contributed by atoms with Gasteiger partial charge in [0.25, 0.3) is 0 Å². The summed E-state index contributed by atoms with van der Waals surface area (Å²) in [6.45, 7) is 8.44. The minimum atomic E-state index is 1.07. The first-order valence-electron chi connectivity index (χ1n) is 5.59. The molecule has 0 fully saturated rings. The second-order valence-corrected chi connectivity index (χ2v) is 4.44. The Hall–Kier alpha value is -1.63. The van der Waals surface area contributed by atoms with Crippen molar-refractivity contribution in [2.24, 2.45) is 0 Å². The van der Waals surface area contributed by atoms with Crippen LogP contribution in [0.15, 0.2) is 30.5 Å². The van der Waals surface area contributed by atoms with Crippen LogP contribution in [-0.2, 0) is 0 Å². The maximum Gasteiger partial charge on any atom is 0.0379 e. The standard InChI is InChI=1S/C15H17N/c1-10-5-6-14(7-11(10)2)15-8-13(4)16-9-12(15)3/h5-9H,1-4H3. The smallest absolute Gasteiger partial charge is 0.0379 e. The second-order valence-electron chi connectivity index (χ2n) is 4.44. The first-order chi connectivity index (χ1) is 7.58. The summed E-state index contributed by atoms with van der Waals surface area (Å²) in [5.74, 6) is 0. The lowest BCUT2D eigenvalue weighted by atomic mass is 9.98. The van der Waals surface area contributed by atoms with E-state index in [9.17, 15) is 0 Å². The van der Waals surface area contributed by atoms with Gasteiger partial charge >= 0.3 is 0 Å². The number of pyridine rings is 1. The van der Waals surface area contributed by atoms with Crippen LogP contribution in [0, 0.1) is 27.7 Å². The highest BCUT2D eigenvalue weighted by atomic mass is 14.7. The molecule has 0 radical (unpaired) electrons. The molecule has 1 aromatic heterocycles. The molecule has 0 saturated carbocycles. The third-order valence-electron chi connectivity index (χ3n) is 3.06. The molecule has 0 aliphatic heterocycles. The summed E-state index contributed by atoms with van der Waals surface area (Å²) in [4.78, 5) is 4.30. The summed E-state index contributed by atoms with van der Waals surface area (Å²) in [5, 5.41) is 0. The SMILES string of the molecule is Cc1cc(-c2ccc(C)c(C)c2)c(C)cn1. The second kappa shape index (κ2) is 4.09. The molecule has 1 heterocycles. The Morgan fingerprint density at radius 1 is 0.812 bits per heavy atom. The molecule has 0 atom stereocenters. The molecule has 0 aliphatic carbocycles. The summed E-state index contributed by atoms with van der Waals surface area (Å²) in [5.41, 5.74) is 7.55. The zero-order valence-corrected chi connectivity index (χ0v) is 10.3. The first kappa shape index (κ1) is 10.9. The highest BCUT2D eigenvalue weighted by Crippen LogP contribution is 2.25. The minimum absolute atomic E-state index is 1.07. The molecular formula is C15H17N. The topological polar surface area (TPSA) is 12.9 Å². The molecule has 82 valence electrons. The predicted octanol–water partition coefficient (Wildman–Crippen LogP) is 3.98. The van der Waals surface area contributed by atoms with Gasteiger partial charge in [0.1, 0.15) is 0 Å². The zero-order chi connectivity index (χ0) is 11.7. The van der Waals surface area contributed by atoms with Gasteiger partial charge in [-0.1, -0.05) is 18.2 Å². The third-order valence-corrected chi connectivity index (χ3v) is 3.06. The van der Waals surface area contributed by atoms with Crippen LogP contribution in [0.2, 0.25) is 0 Å². The molecule has 2 aromatic rings. The molecule has 0 amide bonds. The maximum atomic E-state index is 4.30. The lowest BCUT2D eigenvalue weighted by Crippen LogP contribution is -1.90. The highest BCUT2D eigenvalue weighted by molar-refractivity contribution is 5.68. The summed E-state index contributed by atoms with van der Waals surface area (Å²) >= 11 is 0. The number of rotatable bonds is 1. The van der Waals surface area contributed by atoms with Crippen LogP contribution in [0.3, 0.4) is 0 Å². The molecule has 16 heavy (non-hydrogen) atoms. The minimum Gasteiger partial charge on any atom is -0.261 e. The average Bonchev–Trinajstić information content (AvgIpc) is 2.26. The summed E-state index contributed by atoms with van der Waals surface area (Å²) in [7, 11) is 0. The van der Waals surface area contributed by atoms with Gasteiger partial charge in [-0.05, 0) is 61.6 Å². The van der Waals surface area contributed by atoms with E-state index >= 15 is 0 Å². The van der Waals surface area contributed by atoms with Gasteiger partial charge in [0, 0.05) is 11.9 Å². The number of hydrogen-bond acceptors (Lipinski definition) is 1. The Kier molecular flexibility index (Phi) is 2.78. The average molecular weight is 211 g/mol.